The fourth-order valence-corrected chi connectivity index (χ4v) is 2.81. The van der Waals surface area contributed by atoms with Gasteiger partial charge in [0.25, 0.3) is 0 Å². The van der Waals surface area contributed by atoms with E-state index in [1.54, 1.807) is 0 Å². The van der Waals surface area contributed by atoms with Crippen LogP contribution < -0.4 is 5.32 Å². The Labute approximate surface area is 110 Å². The highest BCUT2D eigenvalue weighted by atomic mass is 14.9. The first-order chi connectivity index (χ1) is 8.69. The molecule has 0 aromatic heterocycles. The first-order valence-electron chi connectivity index (χ1n) is 6.95. The van der Waals surface area contributed by atoms with Gasteiger partial charge >= 0.3 is 0 Å². The van der Waals surface area contributed by atoms with E-state index in [0.29, 0.717) is 6.04 Å². The molecule has 0 heterocycles. The summed E-state index contributed by atoms with van der Waals surface area (Å²) in [6, 6.07) is 10.5. The van der Waals surface area contributed by atoms with E-state index in [9.17, 15) is 0 Å². The van der Waals surface area contributed by atoms with Crippen molar-refractivity contribution in [1.29, 1.82) is 5.26 Å². The topological polar surface area (TPSA) is 35.8 Å². The van der Waals surface area contributed by atoms with Crippen LogP contribution in [0.25, 0.3) is 0 Å². The van der Waals surface area contributed by atoms with Gasteiger partial charge in [0.2, 0.25) is 0 Å². The summed E-state index contributed by atoms with van der Waals surface area (Å²) in [6.45, 7) is 4.66. The van der Waals surface area contributed by atoms with Crippen LogP contribution in [0.5, 0.6) is 0 Å². The lowest BCUT2D eigenvalue weighted by Crippen LogP contribution is -2.27. The summed E-state index contributed by atoms with van der Waals surface area (Å²) in [5, 5.41) is 12.3. The number of benzene rings is 1. The molecule has 2 heteroatoms. The molecule has 0 saturated heterocycles. The van der Waals surface area contributed by atoms with E-state index < -0.39 is 0 Å². The molecule has 1 aliphatic rings. The fraction of sp³-hybridized carbons (Fsp3) is 0.562. The summed E-state index contributed by atoms with van der Waals surface area (Å²) in [4.78, 5) is 0. The minimum absolute atomic E-state index is 0.605. The van der Waals surface area contributed by atoms with Crippen molar-refractivity contribution in [2.24, 2.45) is 11.8 Å². The van der Waals surface area contributed by atoms with Crippen LogP contribution >= 0.6 is 0 Å². The molecule has 2 rings (SSSR count). The van der Waals surface area contributed by atoms with Crippen LogP contribution in [0.3, 0.4) is 0 Å². The van der Waals surface area contributed by atoms with Gasteiger partial charge in [-0.3, -0.25) is 0 Å². The second-order valence-electron chi connectivity index (χ2n) is 5.69. The molecule has 1 aliphatic carbocycles. The summed E-state index contributed by atoms with van der Waals surface area (Å²) in [5.41, 5.74) is 1.87. The lowest BCUT2D eigenvalue weighted by atomic mass is 9.79. The Kier molecular flexibility index (Phi) is 4.25. The molecule has 0 bridgehead atoms. The van der Waals surface area contributed by atoms with Gasteiger partial charge in [-0.25, -0.2) is 0 Å². The van der Waals surface area contributed by atoms with Crippen molar-refractivity contribution in [2.45, 2.75) is 45.6 Å². The lowest BCUT2D eigenvalue weighted by molar-refractivity contribution is 0.267. The predicted molar refractivity (Wildman–Crippen MR) is 75.4 cm³/mol. The van der Waals surface area contributed by atoms with Crippen molar-refractivity contribution in [2.75, 3.05) is 5.32 Å². The molecule has 2 nitrogen and oxygen atoms in total. The molecular weight excluding hydrogens is 220 g/mol. The van der Waals surface area contributed by atoms with Crippen LogP contribution in [0, 0.1) is 23.2 Å². The molecule has 0 amide bonds. The highest BCUT2D eigenvalue weighted by Gasteiger charge is 2.22. The van der Waals surface area contributed by atoms with Gasteiger partial charge in [0.15, 0.2) is 0 Å². The monoisotopic (exact) mass is 242 g/mol. The zero-order chi connectivity index (χ0) is 13.0. The third-order valence-corrected chi connectivity index (χ3v) is 4.10. The summed E-state index contributed by atoms with van der Waals surface area (Å²) in [7, 11) is 0. The largest absolute Gasteiger partial charge is 0.382 e. The maximum absolute atomic E-state index is 8.76. The van der Waals surface area contributed by atoms with Gasteiger partial charge in [-0.05, 0) is 61.8 Å². The van der Waals surface area contributed by atoms with Gasteiger partial charge in [0.05, 0.1) is 11.6 Å². The fourth-order valence-electron chi connectivity index (χ4n) is 2.81. The molecular formula is C16H22N2. The summed E-state index contributed by atoms with van der Waals surface area (Å²) >= 11 is 0. The molecule has 0 atom stereocenters. The summed E-state index contributed by atoms with van der Waals surface area (Å²) in [5.74, 6) is 1.73. The average molecular weight is 242 g/mol. The number of hydrogen-bond donors (Lipinski definition) is 1. The predicted octanol–water partition coefficient (Wildman–Crippen LogP) is 4.18. The normalized spacial score (nSPS) is 23.7. The third-order valence-electron chi connectivity index (χ3n) is 4.10. The molecule has 0 unspecified atom stereocenters. The Hall–Kier alpha value is -1.49. The smallest absolute Gasteiger partial charge is 0.0991 e. The van der Waals surface area contributed by atoms with Crippen LogP contribution in [0.4, 0.5) is 5.69 Å². The number of anilines is 1. The van der Waals surface area contributed by atoms with Crippen LogP contribution in [0.15, 0.2) is 24.3 Å². The Morgan fingerprint density at radius 1 is 1.11 bits per heavy atom. The van der Waals surface area contributed by atoms with Gasteiger partial charge in [-0.2, -0.15) is 5.26 Å². The Balaban J connectivity index is 1.86. The standard InChI is InChI=1S/C16H22N2/c1-12(2)14-5-9-16(10-6-14)18-15-7-3-13(11-17)4-8-15/h3-4,7-8,12,14,16,18H,5-6,9-10H2,1-2H3. The minimum atomic E-state index is 0.605. The zero-order valence-electron chi connectivity index (χ0n) is 11.3. The maximum atomic E-state index is 8.76. The highest BCUT2D eigenvalue weighted by Crippen LogP contribution is 2.31. The third kappa shape index (κ3) is 3.26. The van der Waals surface area contributed by atoms with E-state index in [1.165, 1.54) is 25.7 Å². The number of hydrogen-bond acceptors (Lipinski definition) is 2. The molecule has 1 saturated carbocycles. The minimum Gasteiger partial charge on any atom is -0.382 e. The van der Waals surface area contributed by atoms with Crippen LogP contribution in [-0.2, 0) is 0 Å². The van der Waals surface area contributed by atoms with E-state index in [-0.39, 0.29) is 0 Å². The van der Waals surface area contributed by atoms with E-state index in [2.05, 4.69) is 25.2 Å². The van der Waals surface area contributed by atoms with Crippen molar-refractivity contribution in [1.82, 2.24) is 0 Å². The lowest BCUT2D eigenvalue weighted by Gasteiger charge is -2.31. The SMILES string of the molecule is CC(C)C1CCC(Nc2ccc(C#N)cc2)CC1. The molecule has 0 spiro atoms. The van der Waals surface area contributed by atoms with Crippen molar-refractivity contribution in [3.8, 4) is 6.07 Å². The van der Waals surface area contributed by atoms with Crippen LogP contribution in [-0.4, -0.2) is 6.04 Å². The van der Waals surface area contributed by atoms with Gasteiger partial charge in [-0.1, -0.05) is 13.8 Å². The molecule has 18 heavy (non-hydrogen) atoms. The molecule has 1 fully saturated rings. The van der Waals surface area contributed by atoms with Gasteiger partial charge in [0, 0.05) is 11.7 Å². The number of nitrogens with one attached hydrogen (secondary N) is 1. The quantitative estimate of drug-likeness (QED) is 0.862. The Morgan fingerprint density at radius 3 is 2.22 bits per heavy atom. The highest BCUT2D eigenvalue weighted by molar-refractivity contribution is 5.47. The Bertz CT molecular complexity index is 406. The molecule has 1 aromatic carbocycles. The summed E-state index contributed by atoms with van der Waals surface area (Å²) in [6.07, 6.45) is 5.21. The second-order valence-corrected chi connectivity index (χ2v) is 5.69. The second kappa shape index (κ2) is 5.91. The average Bonchev–Trinajstić information content (AvgIpc) is 2.40. The molecule has 1 N–H and O–H groups in total. The van der Waals surface area contributed by atoms with E-state index >= 15 is 0 Å². The molecule has 96 valence electrons. The maximum Gasteiger partial charge on any atom is 0.0991 e. The Morgan fingerprint density at radius 2 is 1.72 bits per heavy atom. The molecule has 1 aromatic rings. The molecule has 0 aliphatic heterocycles. The summed E-state index contributed by atoms with van der Waals surface area (Å²) < 4.78 is 0. The number of nitrogens with zero attached hydrogens (tertiary/aromatic N) is 1. The first-order valence-corrected chi connectivity index (χ1v) is 6.95. The van der Waals surface area contributed by atoms with Gasteiger partial charge in [0.1, 0.15) is 0 Å². The van der Waals surface area contributed by atoms with E-state index in [4.69, 9.17) is 5.26 Å². The van der Waals surface area contributed by atoms with Gasteiger partial charge in [-0.15, -0.1) is 0 Å². The van der Waals surface area contributed by atoms with E-state index in [1.807, 2.05) is 24.3 Å². The van der Waals surface area contributed by atoms with E-state index in [0.717, 1.165) is 23.1 Å². The van der Waals surface area contributed by atoms with Crippen molar-refractivity contribution in [3.63, 3.8) is 0 Å². The van der Waals surface area contributed by atoms with Crippen LogP contribution in [0.2, 0.25) is 0 Å². The van der Waals surface area contributed by atoms with Crippen molar-refractivity contribution >= 4 is 5.69 Å². The zero-order valence-corrected chi connectivity index (χ0v) is 11.3. The van der Waals surface area contributed by atoms with Crippen LogP contribution in [0.1, 0.15) is 45.1 Å². The van der Waals surface area contributed by atoms with Crippen molar-refractivity contribution in [3.05, 3.63) is 29.8 Å². The number of nitriles is 1. The van der Waals surface area contributed by atoms with Crippen molar-refractivity contribution < 1.29 is 0 Å². The number of rotatable bonds is 3. The molecule has 0 radical (unpaired) electrons. The first kappa shape index (κ1) is 13.0. The van der Waals surface area contributed by atoms with Gasteiger partial charge < -0.3 is 5.32 Å².